The second-order valence-electron chi connectivity index (χ2n) is 2.01. The molecule has 0 radical (unpaired) electrons. The summed E-state index contributed by atoms with van der Waals surface area (Å²) in [5.41, 5.74) is 11.9. The van der Waals surface area contributed by atoms with Crippen LogP contribution in [-0.2, 0) is 4.79 Å². The van der Waals surface area contributed by atoms with Crippen molar-refractivity contribution in [3.8, 4) is 0 Å². The molecule has 0 aliphatic rings. The van der Waals surface area contributed by atoms with Crippen molar-refractivity contribution in [2.45, 2.75) is 18.9 Å². The Morgan fingerprint density at radius 2 is 2.30 bits per heavy atom. The van der Waals surface area contributed by atoms with E-state index in [1.165, 1.54) is 5.48 Å². The quantitative estimate of drug-likeness (QED) is 0.289. The molecule has 0 aromatic heterocycles. The average Bonchev–Trinajstić information content (AvgIpc) is 1.98. The van der Waals surface area contributed by atoms with Gasteiger partial charge in [0.25, 0.3) is 5.91 Å². The zero-order valence-corrected chi connectivity index (χ0v) is 5.71. The van der Waals surface area contributed by atoms with E-state index in [0.29, 0.717) is 19.4 Å². The predicted octanol–water partition coefficient (Wildman–Crippen LogP) is -1.44. The monoisotopic (exact) mass is 147 g/mol. The molecule has 0 bridgehead atoms. The number of hydrogen-bond acceptors (Lipinski definition) is 4. The molecule has 1 amide bonds. The molecule has 1 unspecified atom stereocenters. The van der Waals surface area contributed by atoms with Gasteiger partial charge in [0, 0.05) is 0 Å². The normalized spacial score (nSPS) is 12.7. The first-order valence-corrected chi connectivity index (χ1v) is 3.12. The third kappa shape index (κ3) is 3.39. The van der Waals surface area contributed by atoms with Gasteiger partial charge in [-0.05, 0) is 19.4 Å². The first kappa shape index (κ1) is 9.35. The van der Waals surface area contributed by atoms with E-state index in [1.807, 2.05) is 0 Å². The van der Waals surface area contributed by atoms with Gasteiger partial charge in [0.05, 0.1) is 6.04 Å². The third-order valence-electron chi connectivity index (χ3n) is 1.17. The molecule has 0 spiro atoms. The lowest BCUT2D eigenvalue weighted by Gasteiger charge is -2.06. The van der Waals surface area contributed by atoms with Crippen LogP contribution in [-0.4, -0.2) is 23.7 Å². The van der Waals surface area contributed by atoms with Crippen LogP contribution in [0.4, 0.5) is 0 Å². The highest BCUT2D eigenvalue weighted by Gasteiger charge is 2.10. The van der Waals surface area contributed by atoms with E-state index < -0.39 is 11.9 Å². The number of hydrogen-bond donors (Lipinski definition) is 4. The lowest BCUT2D eigenvalue weighted by atomic mass is 10.1. The number of carbonyl (C=O) groups excluding carboxylic acids is 1. The SMILES string of the molecule is NCCCC(N)C(=O)NO. The summed E-state index contributed by atoms with van der Waals surface area (Å²) in [7, 11) is 0. The molecule has 0 aliphatic heterocycles. The van der Waals surface area contributed by atoms with Gasteiger partial charge in [-0.1, -0.05) is 0 Å². The molecule has 0 aromatic carbocycles. The summed E-state index contributed by atoms with van der Waals surface area (Å²) in [4.78, 5) is 10.5. The van der Waals surface area contributed by atoms with Gasteiger partial charge in [-0.3, -0.25) is 10.0 Å². The van der Waals surface area contributed by atoms with Crippen LogP contribution in [0.5, 0.6) is 0 Å². The van der Waals surface area contributed by atoms with E-state index in [0.717, 1.165) is 0 Å². The number of carbonyl (C=O) groups is 1. The molecule has 0 fully saturated rings. The van der Waals surface area contributed by atoms with Gasteiger partial charge in [-0.2, -0.15) is 0 Å². The number of nitrogens with one attached hydrogen (secondary N) is 1. The summed E-state index contributed by atoms with van der Waals surface area (Å²) in [6, 6.07) is -0.645. The Balaban J connectivity index is 3.41. The van der Waals surface area contributed by atoms with Crippen LogP contribution in [0.3, 0.4) is 0 Å². The van der Waals surface area contributed by atoms with Crippen LogP contribution in [0.15, 0.2) is 0 Å². The molecular weight excluding hydrogens is 134 g/mol. The van der Waals surface area contributed by atoms with Crippen LogP contribution in [0, 0.1) is 0 Å². The highest BCUT2D eigenvalue weighted by molar-refractivity contribution is 5.80. The van der Waals surface area contributed by atoms with Gasteiger partial charge >= 0.3 is 0 Å². The average molecular weight is 147 g/mol. The predicted molar refractivity (Wildman–Crippen MR) is 36.2 cm³/mol. The molecule has 0 saturated heterocycles. The fourth-order valence-electron chi connectivity index (χ4n) is 0.552. The first-order valence-electron chi connectivity index (χ1n) is 3.12. The topological polar surface area (TPSA) is 101 Å². The number of amides is 1. The zero-order valence-electron chi connectivity index (χ0n) is 5.71. The second kappa shape index (κ2) is 5.16. The van der Waals surface area contributed by atoms with Crippen LogP contribution >= 0.6 is 0 Å². The van der Waals surface area contributed by atoms with Crippen molar-refractivity contribution >= 4 is 5.91 Å². The van der Waals surface area contributed by atoms with E-state index >= 15 is 0 Å². The fraction of sp³-hybridized carbons (Fsp3) is 0.800. The Labute approximate surface area is 59.3 Å². The van der Waals surface area contributed by atoms with Crippen LogP contribution in [0.1, 0.15) is 12.8 Å². The van der Waals surface area contributed by atoms with Crippen molar-refractivity contribution in [2.75, 3.05) is 6.54 Å². The van der Waals surface area contributed by atoms with Crippen molar-refractivity contribution in [1.82, 2.24) is 5.48 Å². The smallest absolute Gasteiger partial charge is 0.260 e. The molecule has 0 heterocycles. The van der Waals surface area contributed by atoms with E-state index in [-0.39, 0.29) is 0 Å². The van der Waals surface area contributed by atoms with Gasteiger partial charge in [0.2, 0.25) is 0 Å². The lowest BCUT2D eigenvalue weighted by molar-refractivity contribution is -0.130. The third-order valence-corrected chi connectivity index (χ3v) is 1.17. The van der Waals surface area contributed by atoms with Crippen molar-refractivity contribution in [3.63, 3.8) is 0 Å². The molecule has 5 nitrogen and oxygen atoms in total. The largest absolute Gasteiger partial charge is 0.330 e. The number of nitrogens with two attached hydrogens (primary N) is 2. The van der Waals surface area contributed by atoms with Crippen molar-refractivity contribution in [3.05, 3.63) is 0 Å². The van der Waals surface area contributed by atoms with E-state index in [1.54, 1.807) is 0 Å². The minimum atomic E-state index is -0.645. The Morgan fingerprint density at radius 1 is 1.70 bits per heavy atom. The van der Waals surface area contributed by atoms with Crippen LogP contribution in [0.25, 0.3) is 0 Å². The highest BCUT2D eigenvalue weighted by Crippen LogP contribution is 1.91. The first-order chi connectivity index (χ1) is 4.72. The van der Waals surface area contributed by atoms with Gasteiger partial charge in [-0.15, -0.1) is 0 Å². The van der Waals surface area contributed by atoms with E-state index in [9.17, 15) is 4.79 Å². The molecule has 6 N–H and O–H groups in total. The molecule has 60 valence electrons. The maximum Gasteiger partial charge on any atom is 0.260 e. The second-order valence-corrected chi connectivity index (χ2v) is 2.01. The summed E-state index contributed by atoms with van der Waals surface area (Å²) in [5.74, 6) is -0.562. The Hall–Kier alpha value is -0.650. The maximum absolute atomic E-state index is 10.5. The molecule has 1 atom stereocenters. The Bertz CT molecular complexity index is 107. The van der Waals surface area contributed by atoms with E-state index in [4.69, 9.17) is 16.7 Å². The minimum Gasteiger partial charge on any atom is -0.330 e. The number of rotatable bonds is 4. The highest BCUT2D eigenvalue weighted by atomic mass is 16.5. The van der Waals surface area contributed by atoms with E-state index in [2.05, 4.69) is 0 Å². The lowest BCUT2D eigenvalue weighted by Crippen LogP contribution is -2.39. The fourth-order valence-corrected chi connectivity index (χ4v) is 0.552. The zero-order chi connectivity index (χ0) is 7.98. The summed E-state index contributed by atoms with van der Waals surface area (Å²) >= 11 is 0. The Kier molecular flexibility index (Phi) is 4.82. The Morgan fingerprint density at radius 3 is 2.70 bits per heavy atom. The van der Waals surface area contributed by atoms with Gasteiger partial charge < -0.3 is 11.5 Å². The standard InChI is InChI=1S/C5H13N3O2/c6-3-1-2-4(7)5(9)8-10/h4,10H,1-3,6-7H2,(H,8,9). The molecule has 5 heteroatoms. The molecule has 0 aromatic rings. The molecule has 10 heavy (non-hydrogen) atoms. The molecule has 0 saturated carbocycles. The van der Waals surface area contributed by atoms with Gasteiger partial charge in [0.1, 0.15) is 0 Å². The summed E-state index contributed by atoms with van der Waals surface area (Å²) in [5, 5.41) is 8.09. The van der Waals surface area contributed by atoms with Crippen LogP contribution < -0.4 is 16.9 Å². The van der Waals surface area contributed by atoms with Crippen molar-refractivity contribution in [2.24, 2.45) is 11.5 Å². The maximum atomic E-state index is 10.5. The molecule has 0 aliphatic carbocycles. The van der Waals surface area contributed by atoms with Crippen molar-refractivity contribution < 1.29 is 10.0 Å². The van der Waals surface area contributed by atoms with Gasteiger partial charge in [-0.25, -0.2) is 5.48 Å². The van der Waals surface area contributed by atoms with Crippen molar-refractivity contribution in [1.29, 1.82) is 0 Å². The summed E-state index contributed by atoms with van der Waals surface area (Å²) in [6.45, 7) is 0.506. The molecule has 0 rings (SSSR count). The minimum absolute atomic E-state index is 0.503. The number of hydroxylamine groups is 1. The summed E-state index contributed by atoms with van der Waals surface area (Å²) in [6.07, 6.45) is 1.19. The van der Waals surface area contributed by atoms with Gasteiger partial charge in [0.15, 0.2) is 0 Å². The summed E-state index contributed by atoms with van der Waals surface area (Å²) < 4.78 is 0. The molecular formula is C5H13N3O2. The van der Waals surface area contributed by atoms with Crippen LogP contribution in [0.2, 0.25) is 0 Å².